The van der Waals surface area contributed by atoms with E-state index in [-0.39, 0.29) is 0 Å². The molecule has 0 fully saturated rings. The topological polar surface area (TPSA) is 38.7 Å². The zero-order valence-corrected chi connectivity index (χ0v) is 28.2. The van der Waals surface area contributed by atoms with Crippen molar-refractivity contribution < 1.29 is 0 Å². The fourth-order valence-electron chi connectivity index (χ4n) is 7.09. The Morgan fingerprint density at radius 1 is 0.353 bits per heavy atom. The van der Waals surface area contributed by atoms with Gasteiger partial charge in [-0.15, -0.1) is 0 Å². The lowest BCUT2D eigenvalue weighted by atomic mass is 9.90. The van der Waals surface area contributed by atoms with Crippen LogP contribution in [-0.4, -0.2) is 15.0 Å². The minimum atomic E-state index is 0.686. The van der Waals surface area contributed by atoms with Crippen LogP contribution in [0.4, 0.5) is 0 Å². The van der Waals surface area contributed by atoms with E-state index in [1.54, 1.807) is 0 Å². The third-order valence-electron chi connectivity index (χ3n) is 9.67. The first-order chi connectivity index (χ1) is 25.2. The summed E-state index contributed by atoms with van der Waals surface area (Å²) in [7, 11) is 0. The van der Waals surface area contributed by atoms with Gasteiger partial charge in [-0.05, 0) is 92.7 Å². The van der Waals surface area contributed by atoms with Gasteiger partial charge < -0.3 is 0 Å². The van der Waals surface area contributed by atoms with Crippen molar-refractivity contribution in [3.63, 3.8) is 0 Å². The second-order valence-electron chi connectivity index (χ2n) is 12.9. The summed E-state index contributed by atoms with van der Waals surface area (Å²) in [6, 6.07) is 62.2. The van der Waals surface area contributed by atoms with Crippen LogP contribution in [0.1, 0.15) is 5.69 Å². The van der Waals surface area contributed by atoms with Crippen LogP contribution in [0.15, 0.2) is 182 Å². The molecule has 240 valence electrons. The molecule has 51 heavy (non-hydrogen) atoms. The Hall–Kier alpha value is -6.71. The van der Waals surface area contributed by atoms with E-state index in [1.165, 1.54) is 27.1 Å². The van der Waals surface area contributed by atoms with Gasteiger partial charge in [-0.25, -0.2) is 9.97 Å². The molecule has 9 rings (SSSR count). The number of fused-ring (bicyclic) bond motifs is 3. The van der Waals surface area contributed by atoms with E-state index in [1.807, 2.05) is 24.4 Å². The molecule has 0 amide bonds. The van der Waals surface area contributed by atoms with Gasteiger partial charge in [0.05, 0.1) is 11.4 Å². The van der Waals surface area contributed by atoms with Gasteiger partial charge in [-0.1, -0.05) is 140 Å². The minimum Gasteiger partial charge on any atom is -0.261 e. The number of hydrogen-bond donors (Lipinski definition) is 0. The highest BCUT2D eigenvalue weighted by Crippen LogP contribution is 2.39. The number of aryl methyl sites for hydroxylation is 1. The van der Waals surface area contributed by atoms with Crippen molar-refractivity contribution in [1.82, 2.24) is 15.0 Å². The summed E-state index contributed by atoms with van der Waals surface area (Å²) >= 11 is 0. The molecular weight excluding hydrogens is 619 g/mol. The van der Waals surface area contributed by atoms with E-state index in [0.29, 0.717) is 5.82 Å². The lowest BCUT2D eigenvalue weighted by Crippen LogP contribution is -1.97. The third-order valence-corrected chi connectivity index (χ3v) is 9.67. The van der Waals surface area contributed by atoms with Gasteiger partial charge in [-0.3, -0.25) is 4.98 Å². The van der Waals surface area contributed by atoms with E-state index in [9.17, 15) is 0 Å². The average Bonchev–Trinajstić information content (AvgIpc) is 3.21. The Kier molecular flexibility index (Phi) is 7.71. The second kappa shape index (κ2) is 13.0. The molecule has 7 aromatic carbocycles. The summed E-state index contributed by atoms with van der Waals surface area (Å²) in [6.45, 7) is 2.06. The molecule has 0 saturated carbocycles. The van der Waals surface area contributed by atoms with Crippen LogP contribution in [0.2, 0.25) is 0 Å². The molecule has 0 unspecified atom stereocenters. The van der Waals surface area contributed by atoms with Crippen LogP contribution in [0.5, 0.6) is 0 Å². The van der Waals surface area contributed by atoms with Crippen LogP contribution in [0.3, 0.4) is 0 Å². The summed E-state index contributed by atoms with van der Waals surface area (Å²) in [5, 5.41) is 4.91. The Balaban J connectivity index is 1.28. The minimum absolute atomic E-state index is 0.686. The molecule has 0 atom stereocenters. The maximum atomic E-state index is 5.23. The van der Waals surface area contributed by atoms with Crippen LogP contribution < -0.4 is 0 Å². The van der Waals surface area contributed by atoms with Gasteiger partial charge in [0.2, 0.25) is 0 Å². The van der Waals surface area contributed by atoms with Gasteiger partial charge in [0, 0.05) is 34.1 Å². The van der Waals surface area contributed by atoms with Crippen molar-refractivity contribution in [2.24, 2.45) is 0 Å². The van der Waals surface area contributed by atoms with Gasteiger partial charge in [-0.2, -0.15) is 0 Å². The normalized spacial score (nSPS) is 11.2. The standard InChI is InChI=1S/C48H33N3/c1-32-41(21-12-26-49-32)34-24-22-33(23-25-34)38-27-39(45-30-37-17-8-9-18-42(37)43-19-10-11-20-44(43)45)29-40(28-38)48-50-46(35-13-4-2-5-14-35)31-47(51-48)36-15-6-3-7-16-36/h2-31H,1H3. The van der Waals surface area contributed by atoms with Gasteiger partial charge in [0.25, 0.3) is 0 Å². The monoisotopic (exact) mass is 651 g/mol. The fourth-order valence-corrected chi connectivity index (χ4v) is 7.09. The quantitative estimate of drug-likeness (QED) is 0.168. The summed E-state index contributed by atoms with van der Waals surface area (Å²) in [4.78, 5) is 15.0. The maximum Gasteiger partial charge on any atom is 0.160 e. The number of hydrogen-bond acceptors (Lipinski definition) is 3. The first kappa shape index (κ1) is 30.4. The van der Waals surface area contributed by atoms with Crippen LogP contribution in [0, 0.1) is 6.92 Å². The Morgan fingerprint density at radius 3 is 1.61 bits per heavy atom. The Labute approximate surface area is 297 Å². The third kappa shape index (κ3) is 5.85. The summed E-state index contributed by atoms with van der Waals surface area (Å²) in [5.74, 6) is 0.686. The first-order valence-electron chi connectivity index (χ1n) is 17.3. The van der Waals surface area contributed by atoms with E-state index < -0.39 is 0 Å². The number of nitrogens with zero attached hydrogens (tertiary/aromatic N) is 3. The summed E-state index contributed by atoms with van der Waals surface area (Å²) in [5.41, 5.74) is 12.7. The zero-order valence-electron chi connectivity index (χ0n) is 28.2. The molecule has 2 aromatic heterocycles. The number of pyridine rings is 1. The average molecular weight is 652 g/mol. The van der Waals surface area contributed by atoms with Crippen LogP contribution in [0.25, 0.3) is 88.8 Å². The molecule has 0 saturated heterocycles. The number of rotatable bonds is 6. The Morgan fingerprint density at radius 2 is 0.922 bits per heavy atom. The molecule has 0 spiro atoms. The highest BCUT2D eigenvalue weighted by molar-refractivity contribution is 6.14. The molecule has 0 aliphatic carbocycles. The molecule has 0 aliphatic heterocycles. The lowest BCUT2D eigenvalue weighted by molar-refractivity contribution is 1.18. The van der Waals surface area contributed by atoms with Gasteiger partial charge >= 0.3 is 0 Å². The largest absolute Gasteiger partial charge is 0.261 e. The fraction of sp³-hybridized carbons (Fsp3) is 0.0208. The second-order valence-corrected chi connectivity index (χ2v) is 12.9. The van der Waals surface area contributed by atoms with E-state index in [2.05, 4.69) is 170 Å². The number of aromatic nitrogens is 3. The van der Waals surface area contributed by atoms with Crippen molar-refractivity contribution in [1.29, 1.82) is 0 Å². The lowest BCUT2D eigenvalue weighted by Gasteiger charge is -2.15. The van der Waals surface area contributed by atoms with Crippen LogP contribution in [-0.2, 0) is 0 Å². The Bertz CT molecular complexity index is 2620. The predicted molar refractivity (Wildman–Crippen MR) is 212 cm³/mol. The predicted octanol–water partition coefficient (Wildman–Crippen LogP) is 12.5. The van der Waals surface area contributed by atoms with Crippen molar-refractivity contribution in [3.05, 3.63) is 188 Å². The molecule has 2 heterocycles. The number of benzene rings is 7. The molecular formula is C48H33N3. The zero-order chi connectivity index (χ0) is 34.1. The molecule has 0 aliphatic rings. The molecule has 0 bridgehead atoms. The first-order valence-corrected chi connectivity index (χ1v) is 17.3. The van der Waals surface area contributed by atoms with E-state index in [0.717, 1.165) is 61.6 Å². The van der Waals surface area contributed by atoms with Crippen molar-refractivity contribution in [2.75, 3.05) is 0 Å². The van der Waals surface area contributed by atoms with Crippen LogP contribution >= 0.6 is 0 Å². The molecule has 0 radical (unpaired) electrons. The highest BCUT2D eigenvalue weighted by Gasteiger charge is 2.16. The smallest absolute Gasteiger partial charge is 0.160 e. The van der Waals surface area contributed by atoms with E-state index >= 15 is 0 Å². The van der Waals surface area contributed by atoms with Crippen molar-refractivity contribution >= 4 is 21.5 Å². The molecule has 9 aromatic rings. The van der Waals surface area contributed by atoms with E-state index in [4.69, 9.17) is 9.97 Å². The summed E-state index contributed by atoms with van der Waals surface area (Å²) in [6.07, 6.45) is 1.84. The van der Waals surface area contributed by atoms with Gasteiger partial charge in [0.1, 0.15) is 0 Å². The molecule has 3 heteroatoms. The maximum absolute atomic E-state index is 5.23. The van der Waals surface area contributed by atoms with Crippen molar-refractivity contribution in [3.8, 4) is 67.3 Å². The van der Waals surface area contributed by atoms with Crippen molar-refractivity contribution in [2.45, 2.75) is 6.92 Å². The SMILES string of the molecule is Cc1ncccc1-c1ccc(-c2cc(-c3nc(-c4ccccc4)cc(-c4ccccc4)n3)cc(-c3cc4ccccc4c4ccccc34)c2)cc1. The molecule has 0 N–H and O–H groups in total. The summed E-state index contributed by atoms with van der Waals surface area (Å²) < 4.78 is 0. The highest BCUT2D eigenvalue weighted by atomic mass is 14.9. The van der Waals surface area contributed by atoms with Gasteiger partial charge in [0.15, 0.2) is 5.82 Å². The molecule has 3 nitrogen and oxygen atoms in total.